The fourth-order valence-electron chi connectivity index (χ4n) is 3.51. The van der Waals surface area contributed by atoms with E-state index in [1.165, 1.54) is 38.6 Å². The Bertz CT molecular complexity index is 1310. The van der Waals surface area contributed by atoms with E-state index in [0.29, 0.717) is 0 Å². The molecule has 4 rings (SSSR count). The van der Waals surface area contributed by atoms with Crippen LogP contribution in [0.2, 0.25) is 0 Å². The van der Waals surface area contributed by atoms with Gasteiger partial charge in [-0.1, -0.05) is 48.6 Å². The van der Waals surface area contributed by atoms with Gasteiger partial charge in [0.2, 0.25) is 21.4 Å². The number of benzene rings is 3. The van der Waals surface area contributed by atoms with Gasteiger partial charge in [0.15, 0.2) is 0 Å². The van der Waals surface area contributed by atoms with Crippen molar-refractivity contribution >= 4 is 50.0 Å². The van der Waals surface area contributed by atoms with Crippen LogP contribution in [0.1, 0.15) is 11.1 Å². The summed E-state index contributed by atoms with van der Waals surface area (Å²) < 4.78 is 33.3. The van der Waals surface area contributed by atoms with Crippen LogP contribution in [0.5, 0.6) is 0 Å². The predicted octanol–water partition coefficient (Wildman–Crippen LogP) is 4.15. The Balaban J connectivity index is 0.000000427. The number of rotatable bonds is 4. The number of para-hydroxylation sites is 2. The molecule has 1 heterocycles. The summed E-state index contributed by atoms with van der Waals surface area (Å²) in [7, 11) is 2.66. The smallest absolute Gasteiger partial charge is 0.217 e. The second-order valence-electron chi connectivity index (χ2n) is 7.40. The highest BCUT2D eigenvalue weighted by molar-refractivity contribution is 7.80. The number of fused-ring (bicyclic) bond motifs is 2. The van der Waals surface area contributed by atoms with Gasteiger partial charge in [0.25, 0.3) is 0 Å². The first-order valence-electron chi connectivity index (χ1n) is 9.97. The molecule has 4 aromatic rings. The van der Waals surface area contributed by atoms with Gasteiger partial charge < -0.3 is 9.45 Å². The predicted molar refractivity (Wildman–Crippen MR) is 129 cm³/mol. The molecule has 0 spiro atoms. The average Bonchev–Trinajstić information content (AvgIpc) is 2.79. The zero-order valence-electron chi connectivity index (χ0n) is 18.5. The molecule has 1 aromatic heterocycles. The first-order valence-corrected chi connectivity index (χ1v) is 11.3. The Hall–Kier alpha value is -3.26. The Morgan fingerprint density at radius 3 is 1.75 bits per heavy atom. The molecule has 32 heavy (non-hydrogen) atoms. The average molecular weight is 451 g/mol. The largest absolute Gasteiger partial charge is 0.726 e. The van der Waals surface area contributed by atoms with E-state index < -0.39 is 10.4 Å². The van der Waals surface area contributed by atoms with E-state index in [9.17, 15) is 13.0 Å². The topological polar surface area (TPSA) is 73.5 Å². The van der Waals surface area contributed by atoms with Crippen LogP contribution in [0.25, 0.3) is 34.0 Å². The zero-order chi connectivity index (χ0) is 23.3. The molecule has 0 aliphatic heterocycles. The molecule has 0 aliphatic rings. The molecule has 0 amide bonds. The van der Waals surface area contributed by atoms with E-state index in [4.69, 9.17) is 0 Å². The minimum absolute atomic E-state index is 0.808. The third kappa shape index (κ3) is 5.50. The fraction of sp³-hybridized carbons (Fsp3) is 0.160. The standard InChI is InChI=1S/C24H23N2.CH4O4S/c1-25(2)19-15-12-18(13-16-19)14-17-20-21-8-4-6-10-23(21)26(3)24-11-7-5-9-22(20)24;1-5-6(2,3)4/h4-17H,1-3H3;1H3,(H,2,3,4)/q+1;/p-1. The third-order valence-corrected chi connectivity index (χ3v) is 5.58. The van der Waals surface area contributed by atoms with E-state index in [0.717, 1.165) is 7.11 Å². The Labute approximate surface area is 188 Å². The first-order chi connectivity index (χ1) is 15.2. The van der Waals surface area contributed by atoms with Crippen molar-refractivity contribution in [1.82, 2.24) is 0 Å². The van der Waals surface area contributed by atoms with Crippen LogP contribution in [0.4, 0.5) is 5.69 Å². The lowest BCUT2D eigenvalue weighted by atomic mass is 10.0. The lowest BCUT2D eigenvalue weighted by Gasteiger charge is -2.11. The Kier molecular flexibility index (Phi) is 7.25. The minimum atomic E-state index is -4.41. The van der Waals surface area contributed by atoms with Gasteiger partial charge in [0.1, 0.15) is 7.05 Å². The van der Waals surface area contributed by atoms with E-state index in [1.54, 1.807) is 0 Å². The monoisotopic (exact) mass is 450 g/mol. The summed E-state index contributed by atoms with van der Waals surface area (Å²) in [6.07, 6.45) is 4.45. The highest BCUT2D eigenvalue weighted by atomic mass is 32.3. The van der Waals surface area contributed by atoms with Gasteiger partial charge in [-0.2, -0.15) is 4.57 Å². The summed E-state index contributed by atoms with van der Waals surface area (Å²) in [5.74, 6) is 0. The molecular weight excluding hydrogens is 424 g/mol. The number of hydrogen-bond donors (Lipinski definition) is 0. The molecule has 0 aliphatic carbocycles. The quantitative estimate of drug-likeness (QED) is 0.202. The SMILES string of the molecule is CN(C)c1ccc(C=Cc2c3ccccc3[n+](C)c3ccccc23)cc1.COS(=O)(=O)[O-]. The maximum absolute atomic E-state index is 9.22. The van der Waals surface area contributed by atoms with Crippen LogP contribution < -0.4 is 9.47 Å². The number of aryl methyl sites for hydroxylation is 1. The normalized spacial score (nSPS) is 11.5. The number of nitrogens with zero attached hydrogens (tertiary/aromatic N) is 2. The summed E-state index contributed by atoms with van der Waals surface area (Å²) in [4.78, 5) is 2.12. The molecule has 0 unspecified atom stereocenters. The number of anilines is 1. The molecule has 0 atom stereocenters. The highest BCUT2D eigenvalue weighted by Crippen LogP contribution is 2.26. The van der Waals surface area contributed by atoms with E-state index in [2.05, 4.69) is 120 Å². The molecule has 3 aromatic carbocycles. The Morgan fingerprint density at radius 1 is 0.844 bits per heavy atom. The molecule has 0 radical (unpaired) electrons. The van der Waals surface area contributed by atoms with Crippen molar-refractivity contribution in [3.05, 3.63) is 83.9 Å². The van der Waals surface area contributed by atoms with Crippen LogP contribution in [-0.4, -0.2) is 34.2 Å². The van der Waals surface area contributed by atoms with Crippen molar-refractivity contribution in [2.75, 3.05) is 26.1 Å². The van der Waals surface area contributed by atoms with Crippen molar-refractivity contribution in [2.24, 2.45) is 7.05 Å². The van der Waals surface area contributed by atoms with Crippen molar-refractivity contribution in [2.45, 2.75) is 0 Å². The van der Waals surface area contributed by atoms with Gasteiger partial charge >= 0.3 is 0 Å². The lowest BCUT2D eigenvalue weighted by molar-refractivity contribution is -0.617. The molecule has 6 nitrogen and oxygen atoms in total. The molecule has 0 N–H and O–H groups in total. The van der Waals surface area contributed by atoms with E-state index >= 15 is 0 Å². The van der Waals surface area contributed by atoms with Gasteiger partial charge in [0.05, 0.1) is 17.9 Å². The van der Waals surface area contributed by atoms with Gasteiger partial charge in [-0.25, -0.2) is 8.42 Å². The van der Waals surface area contributed by atoms with Crippen molar-refractivity contribution in [3.8, 4) is 0 Å². The zero-order valence-corrected chi connectivity index (χ0v) is 19.3. The molecule has 0 saturated carbocycles. The van der Waals surface area contributed by atoms with Crippen LogP contribution in [0.3, 0.4) is 0 Å². The number of aromatic nitrogens is 1. The van der Waals surface area contributed by atoms with Crippen molar-refractivity contribution < 1.29 is 21.7 Å². The second-order valence-corrected chi connectivity index (χ2v) is 8.55. The van der Waals surface area contributed by atoms with Gasteiger partial charge in [-0.15, -0.1) is 0 Å². The third-order valence-electron chi connectivity index (χ3n) is 5.17. The van der Waals surface area contributed by atoms with Crippen LogP contribution >= 0.6 is 0 Å². The summed E-state index contributed by atoms with van der Waals surface area (Å²) >= 11 is 0. The number of pyridine rings is 1. The molecular formula is C25H26N2O4S. The van der Waals surface area contributed by atoms with Gasteiger partial charge in [0, 0.05) is 37.5 Å². The maximum Gasteiger partial charge on any atom is 0.217 e. The summed E-state index contributed by atoms with van der Waals surface area (Å²) in [6.45, 7) is 0. The van der Waals surface area contributed by atoms with E-state index in [1.807, 2.05) is 0 Å². The Morgan fingerprint density at radius 2 is 1.31 bits per heavy atom. The number of hydrogen-bond acceptors (Lipinski definition) is 5. The highest BCUT2D eigenvalue weighted by Gasteiger charge is 2.15. The molecule has 0 bridgehead atoms. The molecule has 166 valence electrons. The summed E-state index contributed by atoms with van der Waals surface area (Å²) in [5.41, 5.74) is 6.18. The van der Waals surface area contributed by atoms with Crippen molar-refractivity contribution in [3.63, 3.8) is 0 Å². The fourth-order valence-corrected chi connectivity index (χ4v) is 3.51. The summed E-state index contributed by atoms with van der Waals surface area (Å²) in [5, 5.41) is 2.55. The molecule has 0 fully saturated rings. The minimum Gasteiger partial charge on any atom is -0.726 e. The van der Waals surface area contributed by atoms with Crippen LogP contribution in [-0.2, 0) is 21.6 Å². The second kappa shape index (κ2) is 9.91. The molecule has 7 heteroatoms. The molecule has 0 saturated heterocycles. The van der Waals surface area contributed by atoms with Gasteiger partial charge in [-0.05, 0) is 29.8 Å². The van der Waals surface area contributed by atoms with E-state index in [-0.39, 0.29) is 0 Å². The first kappa shape index (κ1) is 23.4. The van der Waals surface area contributed by atoms with Crippen molar-refractivity contribution in [1.29, 1.82) is 0 Å². The van der Waals surface area contributed by atoms with Crippen LogP contribution in [0.15, 0.2) is 72.8 Å². The maximum atomic E-state index is 9.22. The van der Waals surface area contributed by atoms with Crippen LogP contribution in [0, 0.1) is 0 Å². The lowest BCUT2D eigenvalue weighted by Crippen LogP contribution is -2.30. The summed E-state index contributed by atoms with van der Waals surface area (Å²) in [6, 6.07) is 25.8. The van der Waals surface area contributed by atoms with Gasteiger partial charge in [-0.3, -0.25) is 4.18 Å².